The van der Waals surface area contributed by atoms with Crippen LogP contribution in [-0.4, -0.2) is 43.2 Å². The maximum atomic E-state index is 13.4. The van der Waals surface area contributed by atoms with Crippen LogP contribution in [0.4, 0.5) is 13.2 Å². The molecular weight excluding hydrogens is 409 g/mol. The van der Waals surface area contributed by atoms with Crippen molar-refractivity contribution in [1.29, 1.82) is 0 Å². The van der Waals surface area contributed by atoms with Crippen molar-refractivity contribution in [2.45, 2.75) is 38.4 Å². The number of carbonyl (C=O) groups excluding carboxylic acids is 1. The van der Waals surface area contributed by atoms with Gasteiger partial charge >= 0.3 is 12.1 Å². The summed E-state index contributed by atoms with van der Waals surface area (Å²) in [5, 5.41) is 0.714. The van der Waals surface area contributed by atoms with Crippen molar-refractivity contribution in [3.05, 3.63) is 41.1 Å². The van der Waals surface area contributed by atoms with Crippen molar-refractivity contribution in [3.63, 3.8) is 0 Å². The summed E-state index contributed by atoms with van der Waals surface area (Å²) in [7, 11) is 2.75. The number of benzene rings is 1. The number of nitrogens with zero attached hydrogens (tertiary/aromatic N) is 1. The third-order valence-corrected chi connectivity index (χ3v) is 6.90. The third-order valence-electron chi connectivity index (χ3n) is 6.90. The molecule has 0 radical (unpaired) electrons. The van der Waals surface area contributed by atoms with Gasteiger partial charge in [-0.25, -0.2) is 4.79 Å². The van der Waals surface area contributed by atoms with Crippen LogP contribution in [-0.2, 0) is 22.1 Å². The van der Waals surface area contributed by atoms with Crippen LogP contribution in [0.1, 0.15) is 42.6 Å². The molecular formula is C23H27F3N2O3. The second kappa shape index (κ2) is 7.89. The Balaban J connectivity index is 1.79. The largest absolute Gasteiger partial charge is 0.496 e. The van der Waals surface area contributed by atoms with E-state index in [-0.39, 0.29) is 23.6 Å². The average Bonchev–Trinajstić information content (AvgIpc) is 3.14. The molecule has 31 heavy (non-hydrogen) atoms. The Kier molecular flexibility index (Phi) is 5.54. The normalized spacial score (nSPS) is 23.9. The second-order valence-corrected chi connectivity index (χ2v) is 8.40. The molecule has 5 nitrogen and oxygen atoms in total. The molecule has 1 fully saturated rings. The molecule has 3 heterocycles. The van der Waals surface area contributed by atoms with Gasteiger partial charge in [0.05, 0.1) is 31.3 Å². The SMILES string of the molecule is C=C(C(=O)OC)[C@H]1C[C@H]2c3[nH]c4cc(C(F)(F)F)cc(OC)c4c3CCN2C[C@H]1CC. The fourth-order valence-electron chi connectivity index (χ4n) is 5.31. The number of hydrogen-bond donors (Lipinski definition) is 1. The molecule has 3 atom stereocenters. The molecule has 1 aromatic heterocycles. The van der Waals surface area contributed by atoms with Gasteiger partial charge in [0.15, 0.2) is 0 Å². The van der Waals surface area contributed by atoms with E-state index in [1.165, 1.54) is 14.2 Å². The van der Waals surface area contributed by atoms with E-state index in [0.29, 0.717) is 22.9 Å². The minimum absolute atomic E-state index is 0.0237. The summed E-state index contributed by atoms with van der Waals surface area (Å²) in [6.07, 6.45) is -2.15. The number of fused-ring (bicyclic) bond motifs is 5. The molecule has 0 unspecified atom stereocenters. The van der Waals surface area contributed by atoms with Crippen LogP contribution >= 0.6 is 0 Å². The fourth-order valence-corrected chi connectivity index (χ4v) is 5.31. The first-order valence-electron chi connectivity index (χ1n) is 10.5. The molecule has 1 aromatic carbocycles. The molecule has 8 heteroatoms. The Morgan fingerprint density at radius 2 is 2.06 bits per heavy atom. The molecule has 0 bridgehead atoms. The molecule has 2 aliphatic rings. The number of H-pyrrole nitrogens is 1. The molecule has 168 valence electrons. The highest BCUT2D eigenvalue weighted by Crippen LogP contribution is 2.47. The summed E-state index contributed by atoms with van der Waals surface area (Å²) in [4.78, 5) is 17.8. The maximum absolute atomic E-state index is 13.4. The Bertz CT molecular complexity index is 1030. The first-order valence-corrected chi connectivity index (χ1v) is 10.5. The number of halogens is 3. The molecule has 0 spiro atoms. The number of carbonyl (C=O) groups is 1. The van der Waals surface area contributed by atoms with Crippen LogP contribution in [0.5, 0.6) is 5.75 Å². The Morgan fingerprint density at radius 3 is 2.68 bits per heavy atom. The Labute approximate surface area is 179 Å². The minimum Gasteiger partial charge on any atom is -0.496 e. The van der Waals surface area contributed by atoms with Crippen molar-refractivity contribution >= 4 is 16.9 Å². The summed E-state index contributed by atoms with van der Waals surface area (Å²) in [5.41, 5.74) is 2.07. The number of aromatic nitrogens is 1. The summed E-state index contributed by atoms with van der Waals surface area (Å²) in [6.45, 7) is 7.72. The third kappa shape index (κ3) is 3.60. The lowest BCUT2D eigenvalue weighted by Crippen LogP contribution is -2.46. The zero-order chi connectivity index (χ0) is 22.5. The molecule has 1 saturated heterocycles. The van der Waals surface area contributed by atoms with Crippen LogP contribution in [0.15, 0.2) is 24.3 Å². The lowest BCUT2D eigenvalue weighted by molar-refractivity contribution is -0.138. The van der Waals surface area contributed by atoms with E-state index in [2.05, 4.69) is 23.4 Å². The first kappa shape index (κ1) is 21.7. The summed E-state index contributed by atoms with van der Waals surface area (Å²) in [5.74, 6) is 0.0680. The summed E-state index contributed by atoms with van der Waals surface area (Å²) < 4.78 is 50.4. The van der Waals surface area contributed by atoms with Crippen molar-refractivity contribution in [2.24, 2.45) is 11.8 Å². The number of nitrogens with one attached hydrogen (secondary N) is 1. The van der Waals surface area contributed by atoms with Crippen LogP contribution in [0.3, 0.4) is 0 Å². The average molecular weight is 436 g/mol. The van der Waals surface area contributed by atoms with Crippen molar-refractivity contribution in [2.75, 3.05) is 27.3 Å². The standard InChI is InChI=1S/C23H27F3N2O3/c1-5-13-11-28-7-6-15-20-17(8-14(23(24,25)26)9-19(20)30-3)27-21(15)18(28)10-16(13)12(2)22(29)31-4/h8-9,13,16,18,27H,2,5-7,10-11H2,1,3-4H3/t13-,16-,18+/m1/s1. The topological polar surface area (TPSA) is 54.6 Å². The van der Waals surface area contributed by atoms with E-state index < -0.39 is 17.7 Å². The van der Waals surface area contributed by atoms with E-state index in [0.717, 1.165) is 49.3 Å². The number of ether oxygens (including phenoxy) is 2. The number of hydrogen-bond acceptors (Lipinski definition) is 4. The number of methoxy groups -OCH3 is 2. The van der Waals surface area contributed by atoms with E-state index in [1.54, 1.807) is 0 Å². The van der Waals surface area contributed by atoms with E-state index >= 15 is 0 Å². The number of alkyl halides is 3. The van der Waals surface area contributed by atoms with Crippen LogP contribution < -0.4 is 4.74 Å². The van der Waals surface area contributed by atoms with Gasteiger partial charge in [-0.3, -0.25) is 4.90 Å². The number of aromatic amines is 1. The van der Waals surface area contributed by atoms with E-state index in [1.807, 2.05) is 0 Å². The van der Waals surface area contributed by atoms with Gasteiger partial charge in [0.1, 0.15) is 5.75 Å². The highest BCUT2D eigenvalue weighted by molar-refractivity contribution is 5.92. The lowest BCUT2D eigenvalue weighted by Gasteiger charge is -2.46. The maximum Gasteiger partial charge on any atom is 0.416 e. The van der Waals surface area contributed by atoms with Crippen molar-refractivity contribution in [3.8, 4) is 5.75 Å². The van der Waals surface area contributed by atoms with Crippen LogP contribution in [0, 0.1) is 11.8 Å². The highest BCUT2D eigenvalue weighted by Gasteiger charge is 2.42. The van der Waals surface area contributed by atoms with Gasteiger partial charge in [0.25, 0.3) is 0 Å². The summed E-state index contributed by atoms with van der Waals surface area (Å²) in [6, 6.07) is 2.20. The van der Waals surface area contributed by atoms with Gasteiger partial charge in [-0.15, -0.1) is 0 Å². The molecule has 2 aliphatic heterocycles. The second-order valence-electron chi connectivity index (χ2n) is 8.40. The first-order chi connectivity index (χ1) is 14.7. The van der Waals surface area contributed by atoms with Crippen LogP contribution in [0.2, 0.25) is 0 Å². The van der Waals surface area contributed by atoms with Gasteiger partial charge in [-0.1, -0.05) is 19.9 Å². The molecule has 1 N–H and O–H groups in total. The zero-order valence-corrected chi connectivity index (χ0v) is 17.9. The smallest absolute Gasteiger partial charge is 0.416 e. The van der Waals surface area contributed by atoms with Crippen molar-refractivity contribution in [1.82, 2.24) is 9.88 Å². The predicted octanol–water partition coefficient (Wildman–Crippen LogP) is 4.87. The molecule has 2 aromatic rings. The fraction of sp³-hybridized carbons (Fsp3) is 0.522. The molecule has 0 amide bonds. The number of rotatable bonds is 4. The monoisotopic (exact) mass is 436 g/mol. The predicted molar refractivity (Wildman–Crippen MR) is 111 cm³/mol. The van der Waals surface area contributed by atoms with E-state index in [4.69, 9.17) is 9.47 Å². The minimum atomic E-state index is -4.46. The van der Waals surface area contributed by atoms with Crippen LogP contribution in [0.25, 0.3) is 10.9 Å². The van der Waals surface area contributed by atoms with Gasteiger partial charge < -0.3 is 14.5 Å². The number of esters is 1. The molecule has 0 saturated carbocycles. The van der Waals surface area contributed by atoms with Gasteiger partial charge in [0, 0.05) is 29.7 Å². The highest BCUT2D eigenvalue weighted by atomic mass is 19.4. The Morgan fingerprint density at radius 1 is 1.32 bits per heavy atom. The van der Waals surface area contributed by atoms with Gasteiger partial charge in [-0.05, 0) is 42.4 Å². The van der Waals surface area contributed by atoms with E-state index in [9.17, 15) is 18.0 Å². The quantitative estimate of drug-likeness (QED) is 0.549. The Hall–Kier alpha value is -2.48. The van der Waals surface area contributed by atoms with Gasteiger partial charge in [0.2, 0.25) is 0 Å². The lowest BCUT2D eigenvalue weighted by atomic mass is 9.74. The summed E-state index contributed by atoms with van der Waals surface area (Å²) >= 11 is 0. The number of piperidine rings is 1. The molecule has 4 rings (SSSR count). The molecule has 0 aliphatic carbocycles. The zero-order valence-electron chi connectivity index (χ0n) is 17.9. The van der Waals surface area contributed by atoms with Crippen molar-refractivity contribution < 1.29 is 27.4 Å². The van der Waals surface area contributed by atoms with Gasteiger partial charge in [-0.2, -0.15) is 13.2 Å².